The third-order valence-electron chi connectivity index (χ3n) is 3.82. The molecule has 0 aliphatic rings. The summed E-state index contributed by atoms with van der Waals surface area (Å²) in [5, 5.41) is 13.5. The van der Waals surface area contributed by atoms with E-state index in [1.807, 2.05) is 18.2 Å². The van der Waals surface area contributed by atoms with Gasteiger partial charge in [0.25, 0.3) is 0 Å². The molecular weight excluding hydrogens is 246 g/mol. The van der Waals surface area contributed by atoms with Crippen molar-refractivity contribution in [2.45, 2.75) is 65.3 Å². The summed E-state index contributed by atoms with van der Waals surface area (Å²) in [7, 11) is 0. The SMILES string of the molecule is CCC(NCCCCCCC(C)C)c1ccccc1O. The molecule has 0 radical (unpaired) electrons. The maximum absolute atomic E-state index is 9.90. The molecule has 1 aromatic carbocycles. The van der Waals surface area contributed by atoms with Crippen molar-refractivity contribution in [2.75, 3.05) is 6.54 Å². The van der Waals surface area contributed by atoms with Gasteiger partial charge in [-0.2, -0.15) is 0 Å². The molecule has 1 unspecified atom stereocenters. The minimum atomic E-state index is 0.270. The molecule has 0 aliphatic heterocycles. The summed E-state index contributed by atoms with van der Waals surface area (Å²) in [6.07, 6.45) is 7.58. The molecule has 20 heavy (non-hydrogen) atoms. The summed E-state index contributed by atoms with van der Waals surface area (Å²) in [6.45, 7) is 7.78. The lowest BCUT2D eigenvalue weighted by Gasteiger charge is -2.18. The van der Waals surface area contributed by atoms with Crippen LogP contribution >= 0.6 is 0 Å². The molecule has 2 heteroatoms. The minimum absolute atomic E-state index is 0.270. The highest BCUT2D eigenvalue weighted by atomic mass is 16.3. The van der Waals surface area contributed by atoms with Crippen LogP contribution in [0, 0.1) is 5.92 Å². The van der Waals surface area contributed by atoms with E-state index in [2.05, 4.69) is 26.1 Å². The zero-order chi connectivity index (χ0) is 14.8. The summed E-state index contributed by atoms with van der Waals surface area (Å²) in [5.41, 5.74) is 1.02. The molecule has 0 aliphatic carbocycles. The first-order valence-electron chi connectivity index (χ1n) is 8.16. The molecule has 114 valence electrons. The van der Waals surface area contributed by atoms with E-state index >= 15 is 0 Å². The molecule has 0 bridgehead atoms. The number of aromatic hydroxyl groups is 1. The van der Waals surface area contributed by atoms with Crippen LogP contribution in [-0.2, 0) is 0 Å². The second-order valence-corrected chi connectivity index (χ2v) is 6.07. The van der Waals surface area contributed by atoms with E-state index in [1.165, 1.54) is 32.1 Å². The van der Waals surface area contributed by atoms with Crippen LogP contribution in [0.1, 0.15) is 70.9 Å². The molecule has 0 saturated heterocycles. The van der Waals surface area contributed by atoms with Crippen LogP contribution in [0.3, 0.4) is 0 Å². The minimum Gasteiger partial charge on any atom is -0.508 e. The van der Waals surface area contributed by atoms with Crippen LogP contribution in [0.25, 0.3) is 0 Å². The Labute approximate surface area is 124 Å². The van der Waals surface area contributed by atoms with Gasteiger partial charge in [-0.1, -0.05) is 64.7 Å². The normalized spacial score (nSPS) is 12.8. The van der Waals surface area contributed by atoms with Gasteiger partial charge in [0.15, 0.2) is 0 Å². The average molecular weight is 277 g/mol. The number of unbranched alkanes of at least 4 members (excludes halogenated alkanes) is 3. The first kappa shape index (κ1) is 17.0. The largest absolute Gasteiger partial charge is 0.508 e. The Morgan fingerprint density at radius 1 is 1.05 bits per heavy atom. The van der Waals surface area contributed by atoms with Crippen molar-refractivity contribution in [1.29, 1.82) is 0 Å². The molecule has 2 nitrogen and oxygen atoms in total. The highest BCUT2D eigenvalue weighted by Crippen LogP contribution is 2.25. The highest BCUT2D eigenvalue weighted by Gasteiger charge is 2.11. The van der Waals surface area contributed by atoms with Crippen molar-refractivity contribution in [2.24, 2.45) is 5.92 Å². The number of phenolic OH excluding ortho intramolecular Hbond substituents is 1. The molecule has 1 rings (SSSR count). The first-order chi connectivity index (χ1) is 9.65. The maximum atomic E-state index is 9.90. The van der Waals surface area contributed by atoms with Crippen LogP contribution < -0.4 is 5.32 Å². The van der Waals surface area contributed by atoms with Crippen molar-refractivity contribution in [1.82, 2.24) is 5.32 Å². The number of phenols is 1. The number of hydrogen-bond acceptors (Lipinski definition) is 2. The summed E-state index contributed by atoms with van der Waals surface area (Å²) in [5.74, 6) is 1.24. The number of rotatable bonds is 10. The molecule has 0 aromatic heterocycles. The monoisotopic (exact) mass is 277 g/mol. The van der Waals surface area contributed by atoms with Crippen molar-refractivity contribution in [3.05, 3.63) is 29.8 Å². The van der Waals surface area contributed by atoms with Gasteiger partial charge in [0.05, 0.1) is 0 Å². The van der Waals surface area contributed by atoms with Gasteiger partial charge in [0.2, 0.25) is 0 Å². The number of para-hydroxylation sites is 1. The fourth-order valence-corrected chi connectivity index (χ4v) is 2.56. The van der Waals surface area contributed by atoms with Crippen molar-refractivity contribution in [3.8, 4) is 5.75 Å². The Morgan fingerprint density at radius 3 is 2.40 bits per heavy atom. The van der Waals surface area contributed by atoms with E-state index in [4.69, 9.17) is 0 Å². The van der Waals surface area contributed by atoms with Gasteiger partial charge >= 0.3 is 0 Å². The number of nitrogens with one attached hydrogen (secondary N) is 1. The lowest BCUT2D eigenvalue weighted by Crippen LogP contribution is -2.22. The van der Waals surface area contributed by atoms with Crippen LogP contribution in [0.5, 0.6) is 5.75 Å². The van der Waals surface area contributed by atoms with Crippen LogP contribution in [0.15, 0.2) is 24.3 Å². The summed E-state index contributed by atoms with van der Waals surface area (Å²) in [6, 6.07) is 7.92. The molecule has 0 saturated carbocycles. The van der Waals surface area contributed by atoms with Gasteiger partial charge in [-0.25, -0.2) is 0 Å². The van der Waals surface area contributed by atoms with E-state index in [-0.39, 0.29) is 6.04 Å². The summed E-state index contributed by atoms with van der Waals surface area (Å²) < 4.78 is 0. The van der Waals surface area contributed by atoms with Crippen LogP contribution in [0.4, 0.5) is 0 Å². The van der Waals surface area contributed by atoms with Gasteiger partial charge in [-0.15, -0.1) is 0 Å². The van der Waals surface area contributed by atoms with Crippen molar-refractivity contribution < 1.29 is 5.11 Å². The average Bonchev–Trinajstić information content (AvgIpc) is 2.43. The molecule has 0 amide bonds. The van der Waals surface area contributed by atoms with Gasteiger partial charge in [0.1, 0.15) is 5.75 Å². The van der Waals surface area contributed by atoms with Crippen molar-refractivity contribution in [3.63, 3.8) is 0 Å². The Balaban J connectivity index is 2.21. The fourth-order valence-electron chi connectivity index (χ4n) is 2.56. The second-order valence-electron chi connectivity index (χ2n) is 6.07. The fraction of sp³-hybridized carbons (Fsp3) is 0.667. The Morgan fingerprint density at radius 2 is 1.75 bits per heavy atom. The third kappa shape index (κ3) is 6.42. The van der Waals surface area contributed by atoms with Crippen LogP contribution in [0.2, 0.25) is 0 Å². The zero-order valence-corrected chi connectivity index (χ0v) is 13.4. The molecule has 0 spiro atoms. The predicted molar refractivity (Wildman–Crippen MR) is 87.1 cm³/mol. The van der Waals surface area contributed by atoms with Crippen molar-refractivity contribution >= 4 is 0 Å². The summed E-state index contributed by atoms with van der Waals surface area (Å²) >= 11 is 0. The van der Waals surface area contributed by atoms with Gasteiger partial charge in [-0.05, 0) is 31.4 Å². The Bertz CT molecular complexity index is 362. The lowest BCUT2D eigenvalue weighted by molar-refractivity contribution is 0.436. The summed E-state index contributed by atoms with van der Waals surface area (Å²) in [4.78, 5) is 0. The number of hydrogen-bond donors (Lipinski definition) is 2. The molecule has 0 heterocycles. The van der Waals surface area contributed by atoms with Gasteiger partial charge in [0, 0.05) is 11.6 Å². The highest BCUT2D eigenvalue weighted by molar-refractivity contribution is 5.34. The Kier molecular flexibility index (Phi) is 8.36. The van der Waals surface area contributed by atoms with E-state index < -0.39 is 0 Å². The molecule has 0 fully saturated rings. The van der Waals surface area contributed by atoms with E-state index in [1.54, 1.807) is 6.07 Å². The quantitative estimate of drug-likeness (QED) is 0.587. The molecule has 1 aromatic rings. The molecule has 1 atom stereocenters. The standard InChI is InChI=1S/C18H31NO/c1-4-17(16-12-8-9-13-18(16)20)19-14-10-6-5-7-11-15(2)3/h8-9,12-13,15,17,19-20H,4-7,10-11,14H2,1-3H3. The van der Waals surface area contributed by atoms with E-state index in [0.29, 0.717) is 5.75 Å². The number of benzene rings is 1. The van der Waals surface area contributed by atoms with E-state index in [9.17, 15) is 5.11 Å². The Hall–Kier alpha value is -1.02. The maximum Gasteiger partial charge on any atom is 0.120 e. The lowest BCUT2D eigenvalue weighted by atomic mass is 10.0. The topological polar surface area (TPSA) is 32.3 Å². The molecular formula is C18H31NO. The van der Waals surface area contributed by atoms with Gasteiger partial charge < -0.3 is 10.4 Å². The smallest absolute Gasteiger partial charge is 0.120 e. The zero-order valence-electron chi connectivity index (χ0n) is 13.4. The van der Waals surface area contributed by atoms with Gasteiger partial charge in [-0.3, -0.25) is 0 Å². The second kappa shape index (κ2) is 9.82. The molecule has 2 N–H and O–H groups in total. The van der Waals surface area contributed by atoms with Crippen LogP contribution in [-0.4, -0.2) is 11.7 Å². The third-order valence-corrected chi connectivity index (χ3v) is 3.82. The first-order valence-corrected chi connectivity index (χ1v) is 8.16. The van der Waals surface area contributed by atoms with E-state index in [0.717, 1.165) is 24.4 Å². The predicted octanol–water partition coefficient (Wildman–Crippen LogP) is 5.04.